The number of nitrogens with one attached hydrogen (secondary N) is 1. The Kier molecular flexibility index (Phi) is 4.13. The Balaban J connectivity index is 2.08. The lowest BCUT2D eigenvalue weighted by molar-refractivity contribution is 0.0730. The summed E-state index contributed by atoms with van der Waals surface area (Å²) in [5.41, 5.74) is 1.32. The van der Waals surface area contributed by atoms with E-state index in [2.05, 4.69) is 23.9 Å². The average Bonchev–Trinajstić information content (AvgIpc) is 2.97. The number of para-hydroxylation sites is 1. The van der Waals surface area contributed by atoms with E-state index in [1.807, 2.05) is 19.1 Å². The number of amides is 1. The maximum absolute atomic E-state index is 12.8. The Morgan fingerprint density at radius 3 is 2.71 bits per heavy atom. The van der Waals surface area contributed by atoms with Gasteiger partial charge >= 0.3 is 0 Å². The molecule has 6 heteroatoms. The van der Waals surface area contributed by atoms with Crippen molar-refractivity contribution in [1.29, 1.82) is 0 Å². The lowest BCUT2D eigenvalue weighted by Crippen LogP contribution is -2.36. The second kappa shape index (κ2) is 6.11. The monoisotopic (exact) mass is 326 g/mol. The molecule has 126 valence electrons. The van der Waals surface area contributed by atoms with Gasteiger partial charge in [0.1, 0.15) is 11.2 Å². The van der Waals surface area contributed by atoms with Crippen LogP contribution in [0, 0.1) is 5.92 Å². The fourth-order valence-electron chi connectivity index (χ4n) is 3.06. The largest absolute Gasteiger partial charge is 0.339 e. The van der Waals surface area contributed by atoms with Gasteiger partial charge in [0.2, 0.25) is 0 Å². The number of hydrogen-bond acceptors (Lipinski definition) is 3. The SMILES string of the molecule is CC(C)CC(C)N(C)C(=O)c1cnn2c1[nH]c(=O)c1ccccc12. The number of carbonyl (C=O) groups is 1. The second-order valence-electron chi connectivity index (χ2n) is 6.68. The third kappa shape index (κ3) is 2.68. The van der Waals surface area contributed by atoms with Gasteiger partial charge in [0.05, 0.1) is 17.1 Å². The summed E-state index contributed by atoms with van der Waals surface area (Å²) in [7, 11) is 1.79. The van der Waals surface area contributed by atoms with Crippen LogP contribution in [0.3, 0.4) is 0 Å². The van der Waals surface area contributed by atoms with E-state index in [4.69, 9.17) is 0 Å². The Bertz CT molecular complexity index is 954. The zero-order valence-corrected chi connectivity index (χ0v) is 14.4. The molecular weight excluding hydrogens is 304 g/mol. The summed E-state index contributed by atoms with van der Waals surface area (Å²) in [6, 6.07) is 7.33. The van der Waals surface area contributed by atoms with Crippen LogP contribution in [0.1, 0.15) is 37.6 Å². The van der Waals surface area contributed by atoms with Gasteiger partial charge in [0.25, 0.3) is 11.5 Å². The predicted octanol–water partition coefficient (Wildman–Crippen LogP) is 2.68. The number of H-pyrrole nitrogens is 1. The standard InChI is InChI=1S/C18H22N4O2/c1-11(2)9-12(3)21(4)18(24)14-10-19-22-15-8-6-5-7-13(15)17(23)20-16(14)22/h5-8,10-12H,9H2,1-4H3,(H,20,23). The first-order valence-electron chi connectivity index (χ1n) is 8.16. The lowest BCUT2D eigenvalue weighted by Gasteiger charge is -2.26. The molecule has 1 amide bonds. The molecule has 0 fully saturated rings. The molecule has 0 saturated carbocycles. The summed E-state index contributed by atoms with van der Waals surface area (Å²) in [4.78, 5) is 29.6. The molecule has 0 aliphatic rings. The number of rotatable bonds is 4. The summed E-state index contributed by atoms with van der Waals surface area (Å²) in [6.07, 6.45) is 2.44. The molecule has 0 saturated heterocycles. The predicted molar refractivity (Wildman–Crippen MR) is 94.3 cm³/mol. The summed E-state index contributed by atoms with van der Waals surface area (Å²) < 4.78 is 1.62. The minimum Gasteiger partial charge on any atom is -0.339 e. The smallest absolute Gasteiger partial charge is 0.259 e. The van der Waals surface area contributed by atoms with Gasteiger partial charge in [-0.3, -0.25) is 9.59 Å². The number of benzene rings is 1. The molecule has 0 aliphatic carbocycles. The van der Waals surface area contributed by atoms with E-state index in [1.165, 1.54) is 6.20 Å². The number of carbonyl (C=O) groups excluding carboxylic acids is 1. The molecule has 2 aromatic heterocycles. The highest BCUT2D eigenvalue weighted by atomic mass is 16.2. The van der Waals surface area contributed by atoms with Crippen molar-refractivity contribution in [2.45, 2.75) is 33.2 Å². The van der Waals surface area contributed by atoms with E-state index in [-0.39, 0.29) is 17.5 Å². The molecule has 2 heterocycles. The van der Waals surface area contributed by atoms with Gasteiger partial charge in [0.15, 0.2) is 0 Å². The molecule has 1 N–H and O–H groups in total. The van der Waals surface area contributed by atoms with E-state index >= 15 is 0 Å². The molecule has 0 spiro atoms. The van der Waals surface area contributed by atoms with Crippen LogP contribution in [0.4, 0.5) is 0 Å². The summed E-state index contributed by atoms with van der Waals surface area (Å²) in [5.74, 6) is 0.368. The number of hydrogen-bond donors (Lipinski definition) is 1. The van der Waals surface area contributed by atoms with Crippen molar-refractivity contribution in [1.82, 2.24) is 19.5 Å². The number of nitrogens with zero attached hydrogens (tertiary/aromatic N) is 3. The Morgan fingerprint density at radius 2 is 2.00 bits per heavy atom. The zero-order chi connectivity index (χ0) is 17.4. The Labute approximate surface area is 140 Å². The number of aromatic amines is 1. The van der Waals surface area contributed by atoms with E-state index in [9.17, 15) is 9.59 Å². The third-order valence-electron chi connectivity index (χ3n) is 4.40. The molecule has 0 bridgehead atoms. The lowest BCUT2D eigenvalue weighted by atomic mass is 10.0. The van der Waals surface area contributed by atoms with Crippen molar-refractivity contribution in [3.05, 3.63) is 46.4 Å². The van der Waals surface area contributed by atoms with Crippen LogP contribution in [0.25, 0.3) is 16.6 Å². The highest BCUT2D eigenvalue weighted by molar-refractivity contribution is 6.00. The van der Waals surface area contributed by atoms with Crippen LogP contribution in [0.15, 0.2) is 35.3 Å². The minimum atomic E-state index is -0.217. The van der Waals surface area contributed by atoms with Crippen LogP contribution in [0.2, 0.25) is 0 Å². The number of aromatic nitrogens is 3. The topological polar surface area (TPSA) is 70.5 Å². The highest BCUT2D eigenvalue weighted by Gasteiger charge is 2.23. The van der Waals surface area contributed by atoms with Gasteiger partial charge < -0.3 is 9.88 Å². The molecule has 24 heavy (non-hydrogen) atoms. The highest BCUT2D eigenvalue weighted by Crippen LogP contribution is 2.18. The second-order valence-corrected chi connectivity index (χ2v) is 6.68. The first-order chi connectivity index (χ1) is 11.4. The Morgan fingerprint density at radius 1 is 1.29 bits per heavy atom. The van der Waals surface area contributed by atoms with Gasteiger partial charge in [-0.1, -0.05) is 26.0 Å². The Hall–Kier alpha value is -2.63. The molecule has 1 unspecified atom stereocenters. The van der Waals surface area contributed by atoms with Crippen molar-refractivity contribution >= 4 is 22.5 Å². The summed E-state index contributed by atoms with van der Waals surface area (Å²) in [5, 5.41) is 4.86. The van der Waals surface area contributed by atoms with E-state index in [1.54, 1.807) is 28.6 Å². The van der Waals surface area contributed by atoms with Crippen LogP contribution in [-0.4, -0.2) is 38.5 Å². The normalized spacial score (nSPS) is 12.9. The summed E-state index contributed by atoms with van der Waals surface area (Å²) in [6.45, 7) is 6.29. The molecule has 1 aromatic carbocycles. The average molecular weight is 326 g/mol. The van der Waals surface area contributed by atoms with Crippen LogP contribution >= 0.6 is 0 Å². The van der Waals surface area contributed by atoms with Crippen LogP contribution in [-0.2, 0) is 0 Å². The van der Waals surface area contributed by atoms with Crippen LogP contribution in [0.5, 0.6) is 0 Å². The fraction of sp³-hybridized carbons (Fsp3) is 0.389. The van der Waals surface area contributed by atoms with Crippen molar-refractivity contribution in [2.24, 2.45) is 5.92 Å². The van der Waals surface area contributed by atoms with E-state index in [0.717, 1.165) is 6.42 Å². The van der Waals surface area contributed by atoms with Gasteiger partial charge in [-0.25, -0.2) is 4.52 Å². The molecule has 3 aromatic rings. The summed E-state index contributed by atoms with van der Waals surface area (Å²) >= 11 is 0. The van der Waals surface area contributed by atoms with Gasteiger partial charge in [-0.2, -0.15) is 5.10 Å². The first kappa shape index (κ1) is 16.2. The van der Waals surface area contributed by atoms with Crippen molar-refractivity contribution in [2.75, 3.05) is 7.05 Å². The van der Waals surface area contributed by atoms with Gasteiger partial charge in [-0.05, 0) is 31.4 Å². The van der Waals surface area contributed by atoms with Crippen molar-refractivity contribution < 1.29 is 4.79 Å². The molecule has 6 nitrogen and oxygen atoms in total. The molecule has 1 atom stereocenters. The maximum Gasteiger partial charge on any atom is 0.259 e. The molecule has 0 aliphatic heterocycles. The van der Waals surface area contributed by atoms with Gasteiger partial charge in [-0.15, -0.1) is 0 Å². The maximum atomic E-state index is 12.8. The minimum absolute atomic E-state index is 0.111. The fourth-order valence-corrected chi connectivity index (χ4v) is 3.06. The third-order valence-corrected chi connectivity index (χ3v) is 4.40. The zero-order valence-electron chi connectivity index (χ0n) is 14.4. The van der Waals surface area contributed by atoms with Crippen molar-refractivity contribution in [3.63, 3.8) is 0 Å². The van der Waals surface area contributed by atoms with Crippen LogP contribution < -0.4 is 5.56 Å². The molecule has 0 radical (unpaired) electrons. The van der Waals surface area contributed by atoms with Gasteiger partial charge in [0, 0.05) is 13.1 Å². The van der Waals surface area contributed by atoms with Crippen molar-refractivity contribution in [3.8, 4) is 0 Å². The molecule has 3 rings (SSSR count). The quantitative estimate of drug-likeness (QED) is 0.801. The van der Waals surface area contributed by atoms with E-state index in [0.29, 0.717) is 28.0 Å². The molecular formula is C18H22N4O2. The van der Waals surface area contributed by atoms with E-state index < -0.39 is 0 Å². The number of fused-ring (bicyclic) bond motifs is 3. The first-order valence-corrected chi connectivity index (χ1v) is 8.16.